The van der Waals surface area contributed by atoms with E-state index in [9.17, 15) is 14.0 Å². The number of halogens is 2. The number of aromatic nitrogens is 3. The van der Waals surface area contributed by atoms with Gasteiger partial charge in [0.1, 0.15) is 5.82 Å². The van der Waals surface area contributed by atoms with Crippen molar-refractivity contribution in [2.75, 3.05) is 5.32 Å². The molecule has 1 aromatic carbocycles. The lowest BCUT2D eigenvalue weighted by Crippen LogP contribution is -2.24. The number of carbonyl (C=O) groups is 1. The molecular formula is C14H16ClFN4O2S. The normalized spacial score (nSPS) is 12.2. The van der Waals surface area contributed by atoms with Gasteiger partial charge in [0.15, 0.2) is 5.16 Å². The van der Waals surface area contributed by atoms with Gasteiger partial charge in [-0.2, -0.15) is 0 Å². The standard InChI is InChI=1S/C14H16ClFN4O2S/c1-3-6-20-13(22)18-19-14(20)23-8(2)12(21)17-11-5-4-9(15)7-10(11)16/h4-5,7-8H,3,6H2,1-2H3,(H,17,21)(H,18,22)/t8-/m1/s1. The van der Waals surface area contributed by atoms with Gasteiger partial charge >= 0.3 is 5.69 Å². The average Bonchev–Trinajstić information content (AvgIpc) is 2.83. The Bertz CT molecular complexity index is 761. The predicted octanol–water partition coefficient (Wildman–Crippen LogP) is 2.89. The van der Waals surface area contributed by atoms with E-state index in [1.807, 2.05) is 6.92 Å². The number of rotatable bonds is 6. The number of aromatic amines is 1. The molecule has 6 nitrogen and oxygen atoms in total. The molecule has 1 heterocycles. The zero-order valence-electron chi connectivity index (χ0n) is 12.6. The molecule has 9 heteroatoms. The highest BCUT2D eigenvalue weighted by Crippen LogP contribution is 2.23. The summed E-state index contributed by atoms with van der Waals surface area (Å²) in [6.45, 7) is 4.11. The molecule has 0 saturated carbocycles. The van der Waals surface area contributed by atoms with Gasteiger partial charge in [0.2, 0.25) is 5.91 Å². The van der Waals surface area contributed by atoms with Crippen LogP contribution in [0, 0.1) is 5.82 Å². The van der Waals surface area contributed by atoms with Gasteiger partial charge in [-0.25, -0.2) is 14.3 Å². The molecule has 0 bridgehead atoms. The maximum atomic E-state index is 13.7. The molecule has 2 N–H and O–H groups in total. The molecule has 0 aliphatic carbocycles. The highest BCUT2D eigenvalue weighted by Gasteiger charge is 2.20. The molecule has 1 aromatic heterocycles. The fourth-order valence-corrected chi connectivity index (χ4v) is 2.89. The van der Waals surface area contributed by atoms with E-state index in [-0.39, 0.29) is 16.4 Å². The van der Waals surface area contributed by atoms with Gasteiger partial charge in [0.05, 0.1) is 10.9 Å². The molecule has 0 radical (unpaired) electrons. The van der Waals surface area contributed by atoms with Crippen LogP contribution in [0.1, 0.15) is 20.3 Å². The number of H-pyrrole nitrogens is 1. The van der Waals surface area contributed by atoms with Crippen LogP contribution < -0.4 is 11.0 Å². The Morgan fingerprint density at radius 2 is 2.30 bits per heavy atom. The van der Waals surface area contributed by atoms with E-state index in [1.54, 1.807) is 6.92 Å². The summed E-state index contributed by atoms with van der Waals surface area (Å²) < 4.78 is 15.2. The number of thioether (sulfide) groups is 1. The number of nitrogens with one attached hydrogen (secondary N) is 2. The molecule has 0 unspecified atom stereocenters. The van der Waals surface area contributed by atoms with Gasteiger partial charge in [0.25, 0.3) is 0 Å². The van der Waals surface area contributed by atoms with Gasteiger partial charge < -0.3 is 5.32 Å². The van der Waals surface area contributed by atoms with E-state index >= 15 is 0 Å². The Hall–Kier alpha value is -1.80. The minimum Gasteiger partial charge on any atom is -0.323 e. The predicted molar refractivity (Wildman–Crippen MR) is 88.5 cm³/mol. The van der Waals surface area contributed by atoms with Crippen LogP contribution in [0.3, 0.4) is 0 Å². The molecule has 0 fully saturated rings. The Kier molecular flexibility index (Phi) is 5.84. The summed E-state index contributed by atoms with van der Waals surface area (Å²) >= 11 is 6.80. The number of hydrogen-bond donors (Lipinski definition) is 2. The molecule has 2 rings (SSSR count). The van der Waals surface area contributed by atoms with Gasteiger partial charge in [0, 0.05) is 11.6 Å². The third-order valence-corrected chi connectivity index (χ3v) is 4.34. The minimum absolute atomic E-state index is 0.0554. The smallest absolute Gasteiger partial charge is 0.323 e. The molecule has 0 aliphatic rings. The van der Waals surface area contributed by atoms with Crippen LogP contribution in [0.5, 0.6) is 0 Å². The van der Waals surface area contributed by atoms with Gasteiger partial charge in [-0.05, 0) is 31.5 Å². The first-order valence-electron chi connectivity index (χ1n) is 7.00. The van der Waals surface area contributed by atoms with Crippen molar-refractivity contribution in [3.63, 3.8) is 0 Å². The SMILES string of the molecule is CCCn1c(S[C@H](C)C(=O)Nc2ccc(Cl)cc2F)n[nH]c1=O. The van der Waals surface area contributed by atoms with Crippen LogP contribution in [0.2, 0.25) is 5.02 Å². The van der Waals surface area contributed by atoms with E-state index in [4.69, 9.17) is 11.6 Å². The number of carbonyl (C=O) groups excluding carboxylic acids is 1. The number of nitrogens with zero attached hydrogens (tertiary/aromatic N) is 2. The topological polar surface area (TPSA) is 79.8 Å². The Balaban J connectivity index is 2.07. The zero-order chi connectivity index (χ0) is 17.0. The maximum absolute atomic E-state index is 13.7. The zero-order valence-corrected chi connectivity index (χ0v) is 14.2. The van der Waals surface area contributed by atoms with Crippen molar-refractivity contribution in [3.8, 4) is 0 Å². The van der Waals surface area contributed by atoms with Crippen LogP contribution in [0.15, 0.2) is 28.2 Å². The van der Waals surface area contributed by atoms with Crippen molar-refractivity contribution in [2.45, 2.75) is 37.2 Å². The molecule has 0 spiro atoms. The third-order valence-electron chi connectivity index (χ3n) is 3.01. The Morgan fingerprint density at radius 1 is 1.57 bits per heavy atom. The van der Waals surface area contributed by atoms with Crippen molar-refractivity contribution in [2.24, 2.45) is 0 Å². The molecular weight excluding hydrogens is 343 g/mol. The second kappa shape index (κ2) is 7.65. The van der Waals surface area contributed by atoms with E-state index in [0.717, 1.165) is 24.2 Å². The van der Waals surface area contributed by atoms with Crippen LogP contribution in [0.25, 0.3) is 0 Å². The lowest BCUT2D eigenvalue weighted by Gasteiger charge is -2.12. The van der Waals surface area contributed by atoms with E-state index in [2.05, 4.69) is 15.5 Å². The number of benzene rings is 1. The monoisotopic (exact) mass is 358 g/mol. The van der Waals surface area contributed by atoms with Gasteiger partial charge in [-0.3, -0.25) is 9.36 Å². The van der Waals surface area contributed by atoms with E-state index in [0.29, 0.717) is 11.7 Å². The summed E-state index contributed by atoms with van der Waals surface area (Å²) in [7, 11) is 0. The van der Waals surface area contributed by atoms with Gasteiger partial charge in [-0.1, -0.05) is 30.3 Å². The summed E-state index contributed by atoms with van der Waals surface area (Å²) in [4.78, 5) is 23.8. The highest BCUT2D eigenvalue weighted by atomic mass is 35.5. The second-order valence-corrected chi connectivity index (χ2v) is 6.58. The van der Waals surface area contributed by atoms with E-state index < -0.39 is 17.0 Å². The molecule has 23 heavy (non-hydrogen) atoms. The fourth-order valence-electron chi connectivity index (χ4n) is 1.85. The molecule has 124 valence electrons. The Labute approximate surface area is 141 Å². The highest BCUT2D eigenvalue weighted by molar-refractivity contribution is 8.00. The van der Waals surface area contributed by atoms with Crippen molar-refractivity contribution in [3.05, 3.63) is 39.5 Å². The van der Waals surface area contributed by atoms with Crippen molar-refractivity contribution in [1.29, 1.82) is 0 Å². The summed E-state index contributed by atoms with van der Waals surface area (Å²) in [6, 6.07) is 4.01. The summed E-state index contributed by atoms with van der Waals surface area (Å²) in [5.41, 5.74) is -0.259. The quantitative estimate of drug-likeness (QED) is 0.778. The summed E-state index contributed by atoms with van der Waals surface area (Å²) in [5, 5.41) is 8.89. The van der Waals surface area contributed by atoms with Crippen molar-refractivity contribution in [1.82, 2.24) is 14.8 Å². The number of amides is 1. The Morgan fingerprint density at radius 3 is 2.96 bits per heavy atom. The number of anilines is 1. The maximum Gasteiger partial charge on any atom is 0.343 e. The largest absolute Gasteiger partial charge is 0.343 e. The first-order valence-corrected chi connectivity index (χ1v) is 8.26. The van der Waals surface area contributed by atoms with Gasteiger partial charge in [-0.15, -0.1) is 5.10 Å². The molecule has 1 atom stereocenters. The average molecular weight is 359 g/mol. The van der Waals surface area contributed by atoms with Crippen LogP contribution in [-0.4, -0.2) is 25.9 Å². The van der Waals surface area contributed by atoms with Crippen LogP contribution in [-0.2, 0) is 11.3 Å². The minimum atomic E-state index is -0.606. The first-order chi connectivity index (χ1) is 10.9. The molecule has 0 saturated heterocycles. The number of hydrogen-bond acceptors (Lipinski definition) is 4. The van der Waals surface area contributed by atoms with E-state index in [1.165, 1.54) is 16.7 Å². The molecule has 2 aromatic rings. The molecule has 1 amide bonds. The fraction of sp³-hybridized carbons (Fsp3) is 0.357. The third kappa shape index (κ3) is 4.35. The summed E-state index contributed by atoms with van der Waals surface area (Å²) in [6.07, 6.45) is 0.767. The second-order valence-electron chi connectivity index (χ2n) is 4.84. The summed E-state index contributed by atoms with van der Waals surface area (Å²) in [5.74, 6) is -1.000. The molecule has 0 aliphatic heterocycles. The lowest BCUT2D eigenvalue weighted by molar-refractivity contribution is -0.115. The van der Waals surface area contributed by atoms with Crippen LogP contribution >= 0.6 is 23.4 Å². The first kappa shape index (κ1) is 17.6. The van der Waals surface area contributed by atoms with Crippen molar-refractivity contribution >= 4 is 35.0 Å². The lowest BCUT2D eigenvalue weighted by atomic mass is 10.3. The van der Waals surface area contributed by atoms with Crippen molar-refractivity contribution < 1.29 is 9.18 Å². The van der Waals surface area contributed by atoms with Crippen LogP contribution in [0.4, 0.5) is 10.1 Å².